The van der Waals surface area contributed by atoms with E-state index in [0.29, 0.717) is 0 Å². The number of ether oxygens (including phenoxy) is 1. The smallest absolute Gasteiger partial charge is 0.173 e. The number of hydrogen-bond donors (Lipinski definition) is 4. The molecule has 2 aliphatic heterocycles. The van der Waals surface area contributed by atoms with Crippen molar-refractivity contribution in [3.63, 3.8) is 0 Å². The molecule has 0 amide bonds. The molecule has 0 bridgehead atoms. The fraction of sp³-hybridized carbons (Fsp3) is 1.00. The fourth-order valence-corrected chi connectivity index (χ4v) is 3.33. The fourth-order valence-electron chi connectivity index (χ4n) is 2.40. The van der Waals surface area contributed by atoms with Crippen LogP contribution in [0.1, 0.15) is 0 Å². The van der Waals surface area contributed by atoms with Crippen molar-refractivity contribution in [3.8, 4) is 0 Å². The summed E-state index contributed by atoms with van der Waals surface area (Å²) in [7, 11) is 0. The summed E-state index contributed by atoms with van der Waals surface area (Å²) in [5.41, 5.74) is 5.42. The molecule has 17 heavy (non-hydrogen) atoms. The molecule has 0 aliphatic carbocycles. The molecule has 0 aromatic carbocycles. The first kappa shape index (κ1) is 13.5. The van der Waals surface area contributed by atoms with Gasteiger partial charge in [0.25, 0.3) is 0 Å². The SMILES string of the molecule is NC[C@H]1OC(O)[C@@H](N2CCSCC2)[C@@H](O)[C@H]1O. The number of rotatable bonds is 2. The lowest BCUT2D eigenvalue weighted by atomic mass is 9.95. The van der Waals surface area contributed by atoms with Crippen molar-refractivity contribution >= 4 is 11.8 Å². The molecule has 2 fully saturated rings. The van der Waals surface area contributed by atoms with Gasteiger partial charge >= 0.3 is 0 Å². The van der Waals surface area contributed by atoms with E-state index in [0.717, 1.165) is 24.6 Å². The van der Waals surface area contributed by atoms with E-state index >= 15 is 0 Å². The predicted octanol–water partition coefficient (Wildman–Crippen LogP) is -2.20. The summed E-state index contributed by atoms with van der Waals surface area (Å²) in [5, 5.41) is 29.8. The molecule has 7 heteroatoms. The van der Waals surface area contributed by atoms with Gasteiger partial charge in [-0.25, -0.2) is 0 Å². The normalized spacial score (nSPS) is 44.8. The van der Waals surface area contributed by atoms with Crippen molar-refractivity contribution in [1.82, 2.24) is 4.90 Å². The van der Waals surface area contributed by atoms with Crippen LogP contribution in [0.3, 0.4) is 0 Å². The summed E-state index contributed by atoms with van der Waals surface area (Å²) in [6.45, 7) is 1.65. The van der Waals surface area contributed by atoms with Gasteiger partial charge in [-0.1, -0.05) is 0 Å². The summed E-state index contributed by atoms with van der Waals surface area (Å²) >= 11 is 1.84. The molecule has 0 spiro atoms. The maximum Gasteiger partial charge on any atom is 0.173 e. The van der Waals surface area contributed by atoms with Crippen molar-refractivity contribution in [2.45, 2.75) is 30.6 Å². The van der Waals surface area contributed by atoms with Crippen LogP contribution >= 0.6 is 11.8 Å². The highest BCUT2D eigenvalue weighted by atomic mass is 32.2. The van der Waals surface area contributed by atoms with Gasteiger partial charge in [0.2, 0.25) is 0 Å². The van der Waals surface area contributed by atoms with Crippen LogP contribution in [0.15, 0.2) is 0 Å². The highest BCUT2D eigenvalue weighted by Crippen LogP contribution is 2.25. The Hall–Kier alpha value is 0.110. The average molecular weight is 264 g/mol. The van der Waals surface area contributed by atoms with E-state index in [2.05, 4.69) is 0 Å². The van der Waals surface area contributed by atoms with Gasteiger partial charge in [-0.3, -0.25) is 4.90 Å². The molecule has 2 rings (SSSR count). The summed E-state index contributed by atoms with van der Waals surface area (Å²) in [6, 6.07) is -0.561. The van der Waals surface area contributed by atoms with Gasteiger partial charge in [0.05, 0.1) is 6.04 Å². The zero-order chi connectivity index (χ0) is 12.4. The van der Waals surface area contributed by atoms with Crippen molar-refractivity contribution in [2.24, 2.45) is 5.73 Å². The van der Waals surface area contributed by atoms with Gasteiger partial charge in [-0.15, -0.1) is 0 Å². The first-order valence-corrected chi connectivity index (χ1v) is 7.02. The van der Waals surface area contributed by atoms with Crippen LogP contribution in [-0.2, 0) is 4.74 Å². The summed E-state index contributed by atoms with van der Waals surface area (Å²) < 4.78 is 5.26. The van der Waals surface area contributed by atoms with Gasteiger partial charge in [0, 0.05) is 31.1 Å². The van der Waals surface area contributed by atoms with Gasteiger partial charge in [-0.2, -0.15) is 11.8 Å². The first-order valence-electron chi connectivity index (χ1n) is 5.86. The van der Waals surface area contributed by atoms with E-state index in [4.69, 9.17) is 10.5 Å². The Labute approximate surface area is 105 Å². The van der Waals surface area contributed by atoms with Gasteiger partial charge < -0.3 is 25.8 Å². The minimum atomic E-state index is -1.09. The molecule has 1 unspecified atom stereocenters. The molecular formula is C10H20N2O4S. The van der Waals surface area contributed by atoms with E-state index in [9.17, 15) is 15.3 Å². The second-order valence-electron chi connectivity index (χ2n) is 4.42. The van der Waals surface area contributed by atoms with E-state index in [1.54, 1.807) is 0 Å². The molecule has 0 aromatic rings. The molecule has 2 aliphatic rings. The van der Waals surface area contributed by atoms with Gasteiger partial charge in [0.15, 0.2) is 6.29 Å². The predicted molar refractivity (Wildman–Crippen MR) is 64.6 cm³/mol. The molecule has 5 N–H and O–H groups in total. The first-order chi connectivity index (χ1) is 8.15. The molecule has 0 saturated carbocycles. The Bertz CT molecular complexity index is 252. The van der Waals surface area contributed by atoms with Crippen LogP contribution in [-0.4, -0.2) is 82.0 Å². The van der Waals surface area contributed by atoms with E-state index in [1.165, 1.54) is 0 Å². The molecular weight excluding hydrogens is 244 g/mol. The van der Waals surface area contributed by atoms with E-state index in [-0.39, 0.29) is 6.54 Å². The van der Waals surface area contributed by atoms with Gasteiger partial charge in [0.1, 0.15) is 18.3 Å². The summed E-state index contributed by atoms with van der Waals surface area (Å²) in [4.78, 5) is 1.97. The Morgan fingerprint density at radius 1 is 1.18 bits per heavy atom. The molecule has 0 aromatic heterocycles. The topological polar surface area (TPSA) is 99.2 Å². The number of nitrogens with two attached hydrogens (primary N) is 1. The number of aliphatic hydroxyl groups excluding tert-OH is 3. The summed E-state index contributed by atoms with van der Waals surface area (Å²) in [6.07, 6.45) is -3.85. The standard InChI is InChI=1S/C10H20N2O4S/c11-5-6-8(13)9(14)7(10(15)16-6)12-1-3-17-4-2-12/h6-10,13-15H,1-5,11H2/t6-,7+,8+,9-,10?/m1/s1. The maximum absolute atomic E-state index is 10.1. The maximum atomic E-state index is 10.1. The highest BCUT2D eigenvalue weighted by molar-refractivity contribution is 7.99. The highest BCUT2D eigenvalue weighted by Gasteiger charge is 2.45. The van der Waals surface area contributed by atoms with E-state index < -0.39 is 30.6 Å². The van der Waals surface area contributed by atoms with Crippen molar-refractivity contribution in [1.29, 1.82) is 0 Å². The Kier molecular flexibility index (Phi) is 4.65. The average Bonchev–Trinajstić information content (AvgIpc) is 2.35. The lowest BCUT2D eigenvalue weighted by molar-refractivity contribution is -0.263. The molecule has 100 valence electrons. The van der Waals surface area contributed by atoms with Crippen LogP contribution in [0.5, 0.6) is 0 Å². The third-order valence-electron chi connectivity index (χ3n) is 3.39. The molecule has 5 atom stereocenters. The molecule has 0 radical (unpaired) electrons. The molecule has 6 nitrogen and oxygen atoms in total. The Morgan fingerprint density at radius 2 is 1.82 bits per heavy atom. The lowest BCUT2D eigenvalue weighted by Crippen LogP contribution is -2.65. The minimum Gasteiger partial charge on any atom is -0.388 e. The zero-order valence-electron chi connectivity index (χ0n) is 9.60. The van der Waals surface area contributed by atoms with Crippen LogP contribution < -0.4 is 5.73 Å². The van der Waals surface area contributed by atoms with Crippen LogP contribution in [0, 0.1) is 0 Å². The van der Waals surface area contributed by atoms with Crippen LogP contribution in [0.4, 0.5) is 0 Å². The number of aliphatic hydroxyl groups is 3. The monoisotopic (exact) mass is 264 g/mol. The van der Waals surface area contributed by atoms with Gasteiger partial charge in [-0.05, 0) is 0 Å². The second-order valence-corrected chi connectivity index (χ2v) is 5.65. The van der Waals surface area contributed by atoms with Crippen LogP contribution in [0.25, 0.3) is 0 Å². The Balaban J connectivity index is 2.05. The minimum absolute atomic E-state index is 0.0812. The van der Waals surface area contributed by atoms with Crippen LogP contribution in [0.2, 0.25) is 0 Å². The number of hydrogen-bond acceptors (Lipinski definition) is 7. The van der Waals surface area contributed by atoms with E-state index in [1.807, 2.05) is 16.7 Å². The third-order valence-corrected chi connectivity index (χ3v) is 4.33. The molecule has 2 saturated heterocycles. The zero-order valence-corrected chi connectivity index (χ0v) is 10.4. The third kappa shape index (κ3) is 2.76. The Morgan fingerprint density at radius 3 is 2.41 bits per heavy atom. The van der Waals surface area contributed by atoms with Crippen molar-refractivity contribution in [2.75, 3.05) is 31.1 Å². The van der Waals surface area contributed by atoms with Crippen molar-refractivity contribution in [3.05, 3.63) is 0 Å². The largest absolute Gasteiger partial charge is 0.388 e. The summed E-state index contributed by atoms with van der Waals surface area (Å²) in [5.74, 6) is 1.93. The molecule has 2 heterocycles. The lowest BCUT2D eigenvalue weighted by Gasteiger charge is -2.46. The number of nitrogens with zero attached hydrogens (tertiary/aromatic N) is 1. The quantitative estimate of drug-likeness (QED) is 0.449. The second kappa shape index (κ2) is 5.83. The van der Waals surface area contributed by atoms with Crippen molar-refractivity contribution < 1.29 is 20.1 Å². The number of thioether (sulfide) groups is 1.